The lowest BCUT2D eigenvalue weighted by molar-refractivity contribution is -0.141. The molecule has 8 nitrogen and oxygen atoms in total. The first kappa shape index (κ1) is 27.9. The van der Waals surface area contributed by atoms with Gasteiger partial charge in [0, 0.05) is 7.05 Å². The Morgan fingerprint density at radius 3 is 2.32 bits per heavy atom. The fourth-order valence-corrected chi connectivity index (χ4v) is 4.02. The molecule has 0 saturated heterocycles. The number of hydrogen-bond acceptors (Lipinski definition) is 5. The van der Waals surface area contributed by atoms with Crippen LogP contribution in [0.5, 0.6) is 0 Å². The monoisotopic (exact) mass is 545 g/mol. The van der Waals surface area contributed by atoms with Gasteiger partial charge in [0.2, 0.25) is 15.9 Å². The summed E-state index contributed by atoms with van der Waals surface area (Å²) in [5, 5.41) is 7.51. The van der Waals surface area contributed by atoms with Crippen molar-refractivity contribution in [3.8, 4) is 0 Å². The smallest absolute Gasteiger partial charge is 0.350 e. The van der Waals surface area contributed by atoms with Crippen LogP contribution in [-0.2, 0) is 34.1 Å². The molecule has 0 radical (unpaired) electrons. The Bertz CT molecular complexity index is 1370. The Labute approximate surface area is 210 Å². The molecule has 1 amide bonds. The maximum absolute atomic E-state index is 14.3. The molecule has 0 aliphatic rings. The SMILES string of the molecule is CC(C(=O)NCc1cc(C(F)(F)F)nn1N(C)Cc1ccc(F)cc1)c1ccc(NS(C)(=O)=O)c(F)c1. The van der Waals surface area contributed by atoms with E-state index in [4.69, 9.17) is 0 Å². The minimum Gasteiger partial charge on any atom is -0.350 e. The normalized spacial score (nSPS) is 12.8. The van der Waals surface area contributed by atoms with Crippen molar-refractivity contribution in [1.82, 2.24) is 15.2 Å². The summed E-state index contributed by atoms with van der Waals surface area (Å²) in [6, 6.07) is 9.76. The summed E-state index contributed by atoms with van der Waals surface area (Å²) in [6.45, 7) is 1.24. The van der Waals surface area contributed by atoms with Crippen molar-refractivity contribution >= 4 is 21.6 Å². The molecule has 200 valence electrons. The molecule has 1 heterocycles. The lowest BCUT2D eigenvalue weighted by Crippen LogP contribution is -2.35. The molecule has 1 unspecified atom stereocenters. The zero-order chi connectivity index (χ0) is 27.5. The maximum Gasteiger partial charge on any atom is 0.435 e. The molecule has 0 spiro atoms. The summed E-state index contributed by atoms with van der Waals surface area (Å²) in [7, 11) is -2.22. The minimum absolute atomic E-state index is 0.0244. The lowest BCUT2D eigenvalue weighted by Gasteiger charge is -2.22. The van der Waals surface area contributed by atoms with Gasteiger partial charge in [-0.15, -0.1) is 5.10 Å². The average Bonchev–Trinajstić information content (AvgIpc) is 3.24. The van der Waals surface area contributed by atoms with Crippen molar-refractivity contribution in [2.45, 2.75) is 32.1 Å². The van der Waals surface area contributed by atoms with Crippen molar-refractivity contribution < 1.29 is 35.2 Å². The van der Waals surface area contributed by atoms with E-state index < -0.39 is 45.4 Å². The van der Waals surface area contributed by atoms with Crippen molar-refractivity contribution in [3.05, 3.63) is 82.7 Å². The molecule has 14 heteroatoms. The summed E-state index contributed by atoms with van der Waals surface area (Å²) in [5.41, 5.74) is -0.575. The molecule has 0 saturated carbocycles. The fourth-order valence-electron chi connectivity index (χ4n) is 3.45. The van der Waals surface area contributed by atoms with Crippen LogP contribution in [-0.4, -0.2) is 37.5 Å². The van der Waals surface area contributed by atoms with Crippen LogP contribution in [0.4, 0.5) is 27.6 Å². The molecule has 1 aromatic heterocycles. The second kappa shape index (κ2) is 10.7. The van der Waals surface area contributed by atoms with E-state index in [2.05, 4.69) is 10.4 Å². The average molecular weight is 546 g/mol. The number of nitrogens with zero attached hydrogens (tertiary/aromatic N) is 3. The van der Waals surface area contributed by atoms with Crippen molar-refractivity contribution in [1.29, 1.82) is 0 Å². The van der Waals surface area contributed by atoms with Gasteiger partial charge in [-0.2, -0.15) is 18.0 Å². The summed E-state index contributed by atoms with van der Waals surface area (Å²) >= 11 is 0. The summed E-state index contributed by atoms with van der Waals surface area (Å²) in [4.78, 5) is 13.7. The van der Waals surface area contributed by atoms with Gasteiger partial charge < -0.3 is 5.32 Å². The third-order valence-corrected chi connectivity index (χ3v) is 5.92. The van der Waals surface area contributed by atoms with Gasteiger partial charge >= 0.3 is 6.18 Å². The van der Waals surface area contributed by atoms with Crippen LogP contribution in [0.2, 0.25) is 0 Å². The number of benzene rings is 2. The van der Waals surface area contributed by atoms with E-state index in [0.29, 0.717) is 5.56 Å². The number of carbonyl (C=O) groups is 1. The molecular formula is C23H24F5N5O3S. The van der Waals surface area contributed by atoms with Gasteiger partial charge in [-0.05, 0) is 48.4 Å². The van der Waals surface area contributed by atoms with Gasteiger partial charge in [-0.25, -0.2) is 17.2 Å². The third-order valence-electron chi connectivity index (χ3n) is 5.33. The predicted molar refractivity (Wildman–Crippen MR) is 127 cm³/mol. The first-order valence-electron chi connectivity index (χ1n) is 10.8. The standard InChI is InChI=1S/C23H24F5N5O3S/c1-14(16-6-9-20(19(25)10-16)31-37(3,35)36)22(34)29-12-18-11-21(23(26,27)28)30-33(18)32(2)13-15-4-7-17(24)8-5-15/h4-11,14,31H,12-13H2,1-3H3,(H,29,34). The predicted octanol–water partition coefficient (Wildman–Crippen LogP) is 3.74. The Kier molecular flexibility index (Phi) is 8.10. The molecule has 0 aliphatic carbocycles. The first-order valence-corrected chi connectivity index (χ1v) is 12.7. The van der Waals surface area contributed by atoms with E-state index in [1.807, 2.05) is 4.72 Å². The van der Waals surface area contributed by atoms with Crippen LogP contribution >= 0.6 is 0 Å². The highest BCUT2D eigenvalue weighted by molar-refractivity contribution is 7.92. The topological polar surface area (TPSA) is 96.3 Å². The summed E-state index contributed by atoms with van der Waals surface area (Å²) in [5.74, 6) is -2.86. The number of hydrogen-bond donors (Lipinski definition) is 2. The molecule has 3 rings (SSSR count). The van der Waals surface area contributed by atoms with E-state index in [1.165, 1.54) is 55.4 Å². The number of rotatable bonds is 9. The van der Waals surface area contributed by atoms with Gasteiger partial charge in [0.25, 0.3) is 0 Å². The number of halogens is 5. The fraction of sp³-hybridized carbons (Fsp3) is 0.304. The van der Waals surface area contributed by atoms with Gasteiger partial charge in [0.05, 0.1) is 36.6 Å². The molecule has 2 N–H and O–H groups in total. The number of aromatic nitrogens is 2. The number of carbonyl (C=O) groups excluding carboxylic acids is 1. The number of alkyl halides is 3. The molecule has 3 aromatic rings. The second-order valence-corrected chi connectivity index (χ2v) is 10.2. The van der Waals surface area contributed by atoms with Gasteiger partial charge in [-0.3, -0.25) is 14.5 Å². The van der Waals surface area contributed by atoms with E-state index in [1.54, 1.807) is 0 Å². The highest BCUT2D eigenvalue weighted by Gasteiger charge is 2.35. The van der Waals surface area contributed by atoms with Crippen LogP contribution in [0.3, 0.4) is 0 Å². The third kappa shape index (κ3) is 7.41. The highest BCUT2D eigenvalue weighted by atomic mass is 32.2. The Morgan fingerprint density at radius 2 is 1.76 bits per heavy atom. The van der Waals surface area contributed by atoms with Crippen LogP contribution < -0.4 is 15.0 Å². The zero-order valence-corrected chi connectivity index (χ0v) is 20.8. The Balaban J connectivity index is 1.76. The largest absolute Gasteiger partial charge is 0.435 e. The van der Waals surface area contributed by atoms with Gasteiger partial charge in [-0.1, -0.05) is 18.2 Å². The van der Waals surface area contributed by atoms with Crippen molar-refractivity contribution in [3.63, 3.8) is 0 Å². The minimum atomic E-state index is -4.73. The van der Waals surface area contributed by atoms with E-state index in [0.717, 1.165) is 23.2 Å². The lowest BCUT2D eigenvalue weighted by atomic mass is 10.00. The molecule has 37 heavy (non-hydrogen) atoms. The molecular weight excluding hydrogens is 521 g/mol. The van der Waals surface area contributed by atoms with Crippen molar-refractivity contribution in [2.75, 3.05) is 23.0 Å². The van der Waals surface area contributed by atoms with E-state index in [9.17, 15) is 35.2 Å². The number of nitrogens with one attached hydrogen (secondary N) is 2. The van der Waals surface area contributed by atoms with Crippen molar-refractivity contribution in [2.24, 2.45) is 0 Å². The van der Waals surface area contributed by atoms with E-state index in [-0.39, 0.29) is 30.0 Å². The van der Waals surface area contributed by atoms with Crippen LogP contribution in [0.25, 0.3) is 0 Å². The molecule has 0 aliphatic heterocycles. The highest BCUT2D eigenvalue weighted by Crippen LogP contribution is 2.29. The summed E-state index contributed by atoms with van der Waals surface area (Å²) < 4.78 is 92.1. The first-order chi connectivity index (χ1) is 17.1. The quantitative estimate of drug-likeness (QED) is 0.400. The Hall–Kier alpha value is -3.68. The second-order valence-electron chi connectivity index (χ2n) is 8.40. The molecule has 0 bridgehead atoms. The van der Waals surface area contributed by atoms with E-state index >= 15 is 0 Å². The molecule has 0 fully saturated rings. The summed E-state index contributed by atoms with van der Waals surface area (Å²) in [6.07, 6.45) is -3.87. The Morgan fingerprint density at radius 1 is 1.11 bits per heavy atom. The zero-order valence-electron chi connectivity index (χ0n) is 20.0. The molecule has 2 aromatic carbocycles. The number of sulfonamides is 1. The van der Waals surface area contributed by atoms with Crippen LogP contribution in [0.1, 0.15) is 35.4 Å². The number of anilines is 1. The van der Waals surface area contributed by atoms with Crippen LogP contribution in [0, 0.1) is 11.6 Å². The number of amides is 1. The maximum atomic E-state index is 14.3. The van der Waals surface area contributed by atoms with Crippen LogP contribution in [0.15, 0.2) is 48.5 Å². The van der Waals surface area contributed by atoms with Gasteiger partial charge in [0.15, 0.2) is 5.69 Å². The molecule has 1 atom stereocenters. The van der Waals surface area contributed by atoms with Gasteiger partial charge in [0.1, 0.15) is 11.6 Å².